The van der Waals surface area contributed by atoms with Gasteiger partial charge in [0.1, 0.15) is 11.6 Å². The van der Waals surface area contributed by atoms with Gasteiger partial charge in [-0.2, -0.15) is 18.2 Å². The van der Waals surface area contributed by atoms with Crippen molar-refractivity contribution in [3.05, 3.63) is 89.4 Å². The third-order valence-electron chi connectivity index (χ3n) is 7.13. The Hall–Kier alpha value is -4.86. The van der Waals surface area contributed by atoms with E-state index in [0.717, 1.165) is 6.07 Å². The highest BCUT2D eigenvalue weighted by Gasteiger charge is 2.24. The lowest BCUT2D eigenvalue weighted by molar-refractivity contribution is 0.0832. The molecule has 6 rings (SSSR count). The molecule has 0 amide bonds. The van der Waals surface area contributed by atoms with Crippen LogP contribution < -0.4 is 19.9 Å². The third-order valence-corrected chi connectivity index (χ3v) is 8.26. The molecule has 4 heterocycles. The Bertz CT molecular complexity index is 1990. The average molecular weight is 624 g/mol. The molecule has 1 fully saturated rings. The van der Waals surface area contributed by atoms with E-state index in [2.05, 4.69) is 24.5 Å². The highest BCUT2D eigenvalue weighted by atomic mass is 32.2. The van der Waals surface area contributed by atoms with Crippen molar-refractivity contribution in [2.24, 2.45) is 0 Å². The van der Waals surface area contributed by atoms with Gasteiger partial charge in [-0.25, -0.2) is 18.4 Å². The monoisotopic (exact) mass is 623 g/mol. The molecule has 5 N–H and O–H groups in total. The Labute approximate surface area is 250 Å². The van der Waals surface area contributed by atoms with Crippen LogP contribution in [0.25, 0.3) is 16.6 Å². The molecule has 228 valence electrons. The topological polar surface area (TPSA) is 166 Å². The standard InChI is InChI=1S/C29H27F2N7O5S/c1-16-10-27(43-26-5-3-2-4-20(26)30)33-15-25(16)38-29(32)19(14-34-38)28(39)24-12-17-11-21(31)23(13-22(17)35-24)37-44(40,41)36-18-6-8-42-9-7-18/h2-5,10-15,18,35-37H,6-9,32H2,1H3. The zero-order chi connectivity index (χ0) is 31.0. The van der Waals surface area contributed by atoms with E-state index in [1.165, 1.54) is 41.3 Å². The Morgan fingerprint density at radius 2 is 1.89 bits per heavy atom. The number of aromatic amines is 1. The van der Waals surface area contributed by atoms with Crippen molar-refractivity contribution in [3.8, 4) is 17.3 Å². The van der Waals surface area contributed by atoms with E-state index >= 15 is 0 Å². The van der Waals surface area contributed by atoms with Crippen LogP contribution in [0.4, 0.5) is 20.3 Å². The number of anilines is 2. The number of ether oxygens (including phenoxy) is 2. The summed E-state index contributed by atoms with van der Waals surface area (Å²) < 4.78 is 70.9. The number of rotatable bonds is 9. The van der Waals surface area contributed by atoms with Crippen molar-refractivity contribution in [2.45, 2.75) is 25.8 Å². The van der Waals surface area contributed by atoms with Crippen LogP contribution in [0.1, 0.15) is 34.5 Å². The predicted octanol–water partition coefficient (Wildman–Crippen LogP) is 4.37. The van der Waals surface area contributed by atoms with E-state index in [1.807, 2.05) is 0 Å². The molecule has 44 heavy (non-hydrogen) atoms. The molecule has 1 aliphatic rings. The fourth-order valence-electron chi connectivity index (χ4n) is 4.87. The van der Waals surface area contributed by atoms with Gasteiger partial charge in [0.05, 0.1) is 35.0 Å². The molecule has 1 saturated heterocycles. The van der Waals surface area contributed by atoms with Crippen molar-refractivity contribution in [3.63, 3.8) is 0 Å². The fraction of sp³-hybridized carbons (Fsp3) is 0.207. The minimum Gasteiger partial charge on any atom is -0.436 e. The molecule has 2 aromatic carbocycles. The quantitative estimate of drug-likeness (QED) is 0.176. The average Bonchev–Trinajstić information content (AvgIpc) is 3.57. The van der Waals surface area contributed by atoms with Crippen LogP contribution >= 0.6 is 0 Å². The summed E-state index contributed by atoms with van der Waals surface area (Å²) >= 11 is 0. The number of halogens is 2. The fourth-order valence-corrected chi connectivity index (χ4v) is 6.05. The van der Waals surface area contributed by atoms with E-state index in [-0.39, 0.29) is 40.4 Å². The number of hydrogen-bond donors (Lipinski definition) is 4. The van der Waals surface area contributed by atoms with Gasteiger partial charge < -0.3 is 20.2 Å². The van der Waals surface area contributed by atoms with Crippen LogP contribution in [0.3, 0.4) is 0 Å². The number of hydrogen-bond acceptors (Lipinski definition) is 8. The van der Waals surface area contributed by atoms with Crippen LogP contribution in [0, 0.1) is 18.6 Å². The highest BCUT2D eigenvalue weighted by Crippen LogP contribution is 2.29. The number of benzene rings is 2. The van der Waals surface area contributed by atoms with Crippen molar-refractivity contribution >= 4 is 38.4 Å². The number of aryl methyl sites for hydroxylation is 1. The molecule has 0 unspecified atom stereocenters. The minimum atomic E-state index is -4.06. The van der Waals surface area contributed by atoms with Crippen LogP contribution in [0.2, 0.25) is 0 Å². The lowest BCUT2D eigenvalue weighted by Gasteiger charge is -2.23. The maximum Gasteiger partial charge on any atom is 0.299 e. The summed E-state index contributed by atoms with van der Waals surface area (Å²) in [6.45, 7) is 2.63. The number of nitrogen functional groups attached to an aromatic ring is 1. The second-order valence-corrected chi connectivity index (χ2v) is 11.7. The number of nitrogens with zero attached hydrogens (tertiary/aromatic N) is 3. The molecule has 0 saturated carbocycles. The van der Waals surface area contributed by atoms with Crippen LogP contribution in [-0.4, -0.2) is 53.2 Å². The van der Waals surface area contributed by atoms with Crippen molar-refractivity contribution < 1.29 is 31.5 Å². The maximum absolute atomic E-state index is 14.9. The van der Waals surface area contributed by atoms with E-state index in [9.17, 15) is 22.0 Å². The van der Waals surface area contributed by atoms with Crippen LogP contribution in [0.5, 0.6) is 11.6 Å². The van der Waals surface area contributed by atoms with Gasteiger partial charge in [0.2, 0.25) is 11.7 Å². The predicted molar refractivity (Wildman–Crippen MR) is 158 cm³/mol. The number of carbonyl (C=O) groups excluding carboxylic acids is 1. The van der Waals surface area contributed by atoms with Gasteiger partial charge in [-0.15, -0.1) is 0 Å². The van der Waals surface area contributed by atoms with Gasteiger partial charge in [-0.1, -0.05) is 12.1 Å². The number of pyridine rings is 1. The minimum absolute atomic E-state index is 0.0213. The SMILES string of the molecule is Cc1cc(Oc2ccccc2F)ncc1-n1ncc(C(=O)c2cc3cc(F)c(NS(=O)(=O)NC4CCOCC4)cc3[nH]2)c1N. The third kappa shape index (κ3) is 5.97. The number of fused-ring (bicyclic) bond motifs is 1. The number of aromatic nitrogens is 4. The Kier molecular flexibility index (Phi) is 7.75. The van der Waals surface area contributed by atoms with Gasteiger partial charge in [0.15, 0.2) is 11.6 Å². The van der Waals surface area contributed by atoms with Crippen molar-refractivity contribution in [1.82, 2.24) is 24.5 Å². The Morgan fingerprint density at radius 3 is 2.64 bits per heavy atom. The van der Waals surface area contributed by atoms with Crippen molar-refractivity contribution in [2.75, 3.05) is 23.7 Å². The first-order valence-corrected chi connectivity index (χ1v) is 15.0. The Morgan fingerprint density at radius 1 is 1.11 bits per heavy atom. The first-order valence-electron chi connectivity index (χ1n) is 13.6. The van der Waals surface area contributed by atoms with Gasteiger partial charge in [-0.3, -0.25) is 9.52 Å². The zero-order valence-corrected chi connectivity index (χ0v) is 24.1. The number of para-hydroxylation sites is 1. The van der Waals surface area contributed by atoms with Crippen LogP contribution in [-0.2, 0) is 14.9 Å². The molecule has 1 aliphatic heterocycles. The summed E-state index contributed by atoms with van der Waals surface area (Å²) in [5.41, 5.74) is 7.64. The second kappa shape index (κ2) is 11.7. The lowest BCUT2D eigenvalue weighted by atomic mass is 10.1. The highest BCUT2D eigenvalue weighted by molar-refractivity contribution is 7.90. The summed E-state index contributed by atoms with van der Waals surface area (Å²) in [6.07, 6.45) is 3.76. The molecule has 0 radical (unpaired) electrons. The molecule has 5 aromatic rings. The number of H-pyrrole nitrogens is 1. The van der Waals surface area contributed by atoms with E-state index in [0.29, 0.717) is 48.2 Å². The number of ketones is 1. The molecule has 12 nitrogen and oxygen atoms in total. The number of nitrogens with one attached hydrogen (secondary N) is 3. The summed E-state index contributed by atoms with van der Waals surface area (Å²) in [6, 6.07) is 11.0. The van der Waals surface area contributed by atoms with Gasteiger partial charge in [-0.05, 0) is 55.7 Å². The van der Waals surface area contributed by atoms with E-state index < -0.39 is 27.6 Å². The molecule has 0 spiro atoms. The summed E-state index contributed by atoms with van der Waals surface area (Å²) in [4.78, 5) is 20.5. The number of nitrogens with two attached hydrogens (primary N) is 1. The molecule has 0 atom stereocenters. The van der Waals surface area contributed by atoms with E-state index in [1.54, 1.807) is 25.1 Å². The Balaban J connectivity index is 1.21. The van der Waals surface area contributed by atoms with Gasteiger partial charge in [0, 0.05) is 36.2 Å². The summed E-state index contributed by atoms with van der Waals surface area (Å²) in [7, 11) is -4.06. The lowest BCUT2D eigenvalue weighted by Crippen LogP contribution is -2.41. The normalized spacial score (nSPS) is 14.2. The molecular formula is C29H27F2N7O5S. The van der Waals surface area contributed by atoms with Crippen molar-refractivity contribution in [1.29, 1.82) is 0 Å². The van der Waals surface area contributed by atoms with Gasteiger partial charge in [0.25, 0.3) is 10.2 Å². The molecule has 0 aliphatic carbocycles. The first kappa shape index (κ1) is 29.2. The second-order valence-electron chi connectivity index (χ2n) is 10.2. The molecule has 3 aromatic heterocycles. The first-order chi connectivity index (χ1) is 21.1. The molecule has 15 heteroatoms. The summed E-state index contributed by atoms with van der Waals surface area (Å²) in [5.74, 6) is -1.66. The number of carbonyl (C=O) groups is 1. The largest absolute Gasteiger partial charge is 0.436 e. The van der Waals surface area contributed by atoms with Gasteiger partial charge >= 0.3 is 0 Å². The molecule has 0 bridgehead atoms. The molecular weight excluding hydrogens is 596 g/mol. The van der Waals surface area contributed by atoms with Crippen LogP contribution in [0.15, 0.2) is 60.9 Å². The zero-order valence-electron chi connectivity index (χ0n) is 23.3. The maximum atomic E-state index is 14.9. The smallest absolute Gasteiger partial charge is 0.299 e. The summed E-state index contributed by atoms with van der Waals surface area (Å²) in [5, 5.41) is 4.61. The van der Waals surface area contributed by atoms with E-state index in [4.69, 9.17) is 15.2 Å².